The lowest BCUT2D eigenvalue weighted by atomic mass is 10.1. The average Bonchev–Trinajstić information content (AvgIpc) is 3.53. The Hall–Kier alpha value is -4.34. The van der Waals surface area contributed by atoms with Crippen LogP contribution in [0.5, 0.6) is 0 Å². The van der Waals surface area contributed by atoms with Crippen molar-refractivity contribution in [1.29, 1.82) is 0 Å². The van der Waals surface area contributed by atoms with Gasteiger partial charge in [-0.25, -0.2) is 0 Å². The molecule has 0 spiro atoms. The Morgan fingerprint density at radius 3 is 1.86 bits per heavy atom. The first kappa shape index (κ1) is 20.1. The summed E-state index contributed by atoms with van der Waals surface area (Å²) in [7, 11) is 0. The highest BCUT2D eigenvalue weighted by molar-refractivity contribution is 7.18. The zero-order valence-corrected chi connectivity index (χ0v) is 19.8. The van der Waals surface area contributed by atoms with Gasteiger partial charge < -0.3 is 9.47 Å². The zero-order chi connectivity index (χ0) is 23.2. The number of aromatic nitrogens is 1. The summed E-state index contributed by atoms with van der Waals surface area (Å²) in [6.45, 7) is 0. The summed E-state index contributed by atoms with van der Waals surface area (Å²) in [5.74, 6) is 0. The van der Waals surface area contributed by atoms with E-state index in [-0.39, 0.29) is 0 Å². The third kappa shape index (κ3) is 3.24. The van der Waals surface area contributed by atoms with E-state index < -0.39 is 0 Å². The van der Waals surface area contributed by atoms with Crippen molar-refractivity contribution in [3.8, 4) is 5.69 Å². The standard InChI is InChI=1S/C32H22N2S/c1-3-9-24(10-4-1)33(25-11-5-2-6-12-25)26-16-18-27(19-17-26)34-30-14-8-7-13-28(30)29-20-15-23-21-22-35-32(23)31(29)34/h1-22H. The Kier molecular flexibility index (Phi) is 4.68. The fraction of sp³-hybridized carbons (Fsp3) is 0. The second kappa shape index (κ2) is 8.15. The molecule has 0 bridgehead atoms. The number of rotatable bonds is 4. The van der Waals surface area contributed by atoms with Gasteiger partial charge in [0.05, 0.1) is 15.7 Å². The molecule has 0 fully saturated rings. The van der Waals surface area contributed by atoms with Crippen LogP contribution in [0.25, 0.3) is 37.6 Å². The summed E-state index contributed by atoms with van der Waals surface area (Å²) in [6.07, 6.45) is 0. The van der Waals surface area contributed by atoms with Gasteiger partial charge in [-0.2, -0.15) is 0 Å². The molecule has 0 atom stereocenters. The molecular weight excluding hydrogens is 444 g/mol. The van der Waals surface area contributed by atoms with Crippen LogP contribution in [-0.4, -0.2) is 4.57 Å². The van der Waals surface area contributed by atoms with Gasteiger partial charge in [-0.3, -0.25) is 0 Å². The lowest BCUT2D eigenvalue weighted by Gasteiger charge is -2.25. The van der Waals surface area contributed by atoms with E-state index in [4.69, 9.17) is 0 Å². The van der Waals surface area contributed by atoms with Gasteiger partial charge in [0.2, 0.25) is 0 Å². The van der Waals surface area contributed by atoms with E-state index in [1.54, 1.807) is 0 Å². The first-order chi connectivity index (χ1) is 17.4. The number of fused-ring (bicyclic) bond motifs is 5. The van der Waals surface area contributed by atoms with Crippen molar-refractivity contribution in [2.24, 2.45) is 0 Å². The lowest BCUT2D eigenvalue weighted by molar-refractivity contribution is 1.18. The van der Waals surface area contributed by atoms with Gasteiger partial charge in [-0.1, -0.05) is 66.7 Å². The maximum absolute atomic E-state index is 2.42. The summed E-state index contributed by atoms with van der Waals surface area (Å²) in [4.78, 5) is 2.30. The summed E-state index contributed by atoms with van der Waals surface area (Å²) >= 11 is 1.81. The van der Waals surface area contributed by atoms with Crippen LogP contribution in [0.3, 0.4) is 0 Å². The van der Waals surface area contributed by atoms with Crippen molar-refractivity contribution in [2.75, 3.05) is 4.90 Å². The third-order valence-corrected chi connectivity index (χ3v) is 7.59. The predicted molar refractivity (Wildman–Crippen MR) is 151 cm³/mol. The number of para-hydroxylation sites is 3. The van der Waals surface area contributed by atoms with E-state index in [9.17, 15) is 0 Å². The van der Waals surface area contributed by atoms with E-state index >= 15 is 0 Å². The molecule has 2 nitrogen and oxygen atoms in total. The summed E-state index contributed by atoms with van der Waals surface area (Å²) < 4.78 is 3.75. The van der Waals surface area contributed by atoms with E-state index in [2.05, 4.69) is 142 Å². The minimum atomic E-state index is 1.13. The average molecular weight is 467 g/mol. The molecule has 5 aromatic carbocycles. The Bertz CT molecular complexity index is 1740. The molecule has 2 heterocycles. The quantitative estimate of drug-likeness (QED) is 0.251. The van der Waals surface area contributed by atoms with Gasteiger partial charge in [0, 0.05) is 33.5 Å². The monoisotopic (exact) mass is 466 g/mol. The molecule has 0 aliphatic rings. The molecule has 0 amide bonds. The number of nitrogens with zero attached hydrogens (tertiary/aromatic N) is 2. The normalized spacial score (nSPS) is 11.4. The second-order valence-electron chi connectivity index (χ2n) is 8.68. The molecule has 0 unspecified atom stereocenters. The van der Waals surface area contributed by atoms with Crippen molar-refractivity contribution >= 4 is 60.3 Å². The molecule has 0 saturated carbocycles. The predicted octanol–water partition coefficient (Wildman–Crippen LogP) is 9.47. The molecule has 0 aliphatic carbocycles. The highest BCUT2D eigenvalue weighted by Crippen LogP contribution is 2.40. The number of benzene rings is 5. The molecular formula is C32H22N2S. The van der Waals surface area contributed by atoms with Crippen LogP contribution in [0.2, 0.25) is 0 Å². The van der Waals surface area contributed by atoms with Crippen LogP contribution in [0, 0.1) is 0 Å². The Morgan fingerprint density at radius 1 is 0.514 bits per heavy atom. The van der Waals surface area contributed by atoms with Crippen LogP contribution in [0.4, 0.5) is 17.1 Å². The summed E-state index contributed by atoms with van der Waals surface area (Å²) in [6, 6.07) is 45.5. The van der Waals surface area contributed by atoms with Crippen molar-refractivity contribution in [2.45, 2.75) is 0 Å². The van der Waals surface area contributed by atoms with E-state index in [0.717, 1.165) is 17.1 Å². The maximum atomic E-state index is 2.42. The topological polar surface area (TPSA) is 8.17 Å². The fourth-order valence-corrected chi connectivity index (χ4v) is 6.03. The van der Waals surface area contributed by atoms with Crippen LogP contribution in [-0.2, 0) is 0 Å². The van der Waals surface area contributed by atoms with Crippen molar-refractivity contribution < 1.29 is 0 Å². The SMILES string of the molecule is c1ccc(N(c2ccccc2)c2ccc(-n3c4ccccc4c4ccc5ccsc5c43)cc2)cc1. The third-order valence-electron chi connectivity index (χ3n) is 6.65. The number of anilines is 3. The summed E-state index contributed by atoms with van der Waals surface area (Å²) in [5, 5.41) is 6.07. The Morgan fingerprint density at radius 2 is 1.14 bits per heavy atom. The first-order valence-corrected chi connectivity index (χ1v) is 12.7. The van der Waals surface area contributed by atoms with Crippen LogP contribution in [0.1, 0.15) is 0 Å². The molecule has 3 heteroatoms. The molecule has 0 saturated heterocycles. The van der Waals surface area contributed by atoms with Crippen LogP contribution >= 0.6 is 11.3 Å². The van der Waals surface area contributed by atoms with E-state index in [1.807, 2.05) is 11.3 Å². The smallest absolute Gasteiger partial charge is 0.0719 e. The maximum Gasteiger partial charge on any atom is 0.0719 e. The van der Waals surface area contributed by atoms with Crippen LogP contribution in [0.15, 0.2) is 133 Å². The molecule has 35 heavy (non-hydrogen) atoms. The molecule has 7 aromatic rings. The van der Waals surface area contributed by atoms with Gasteiger partial charge in [-0.15, -0.1) is 11.3 Å². The molecule has 166 valence electrons. The molecule has 0 radical (unpaired) electrons. The fourth-order valence-electron chi connectivity index (χ4n) is 5.09. The second-order valence-corrected chi connectivity index (χ2v) is 9.59. The zero-order valence-electron chi connectivity index (χ0n) is 19.0. The Balaban J connectivity index is 1.43. The van der Waals surface area contributed by atoms with Gasteiger partial charge in [0.1, 0.15) is 0 Å². The number of hydrogen-bond acceptors (Lipinski definition) is 2. The van der Waals surface area contributed by atoms with E-state index in [1.165, 1.54) is 37.6 Å². The number of hydrogen-bond donors (Lipinski definition) is 0. The van der Waals surface area contributed by atoms with Gasteiger partial charge in [-0.05, 0) is 71.4 Å². The first-order valence-electron chi connectivity index (χ1n) is 11.8. The van der Waals surface area contributed by atoms with Gasteiger partial charge in [0.15, 0.2) is 0 Å². The highest BCUT2D eigenvalue weighted by Gasteiger charge is 2.16. The Labute approximate surface area is 207 Å². The molecule has 0 N–H and O–H groups in total. The van der Waals surface area contributed by atoms with Crippen LogP contribution < -0.4 is 4.90 Å². The molecule has 7 rings (SSSR count). The van der Waals surface area contributed by atoms with Gasteiger partial charge in [0.25, 0.3) is 0 Å². The van der Waals surface area contributed by atoms with Crippen molar-refractivity contribution in [3.63, 3.8) is 0 Å². The highest BCUT2D eigenvalue weighted by atomic mass is 32.1. The lowest BCUT2D eigenvalue weighted by Crippen LogP contribution is -2.09. The molecule has 2 aromatic heterocycles. The number of thiophene rings is 1. The summed E-state index contributed by atoms with van der Waals surface area (Å²) in [5.41, 5.74) is 7.11. The minimum absolute atomic E-state index is 1.13. The van der Waals surface area contributed by atoms with E-state index in [0.29, 0.717) is 0 Å². The van der Waals surface area contributed by atoms with Crippen molar-refractivity contribution in [3.05, 3.63) is 133 Å². The van der Waals surface area contributed by atoms with Gasteiger partial charge >= 0.3 is 0 Å². The largest absolute Gasteiger partial charge is 0.311 e. The minimum Gasteiger partial charge on any atom is -0.311 e. The van der Waals surface area contributed by atoms with Crippen molar-refractivity contribution in [1.82, 2.24) is 4.57 Å². The molecule has 0 aliphatic heterocycles.